The van der Waals surface area contributed by atoms with Crippen LogP contribution in [-0.4, -0.2) is 32.0 Å². The highest BCUT2D eigenvalue weighted by atomic mass is 35.5. The maximum atomic E-state index is 13.0. The maximum Gasteiger partial charge on any atom is 0.226 e. The van der Waals surface area contributed by atoms with Crippen molar-refractivity contribution < 1.29 is 4.79 Å². The number of aromatic nitrogens is 2. The maximum absolute atomic E-state index is 13.0. The van der Waals surface area contributed by atoms with Crippen LogP contribution in [-0.2, 0) is 4.79 Å². The van der Waals surface area contributed by atoms with Gasteiger partial charge in [0, 0.05) is 36.2 Å². The van der Waals surface area contributed by atoms with E-state index in [-0.39, 0.29) is 24.4 Å². The predicted octanol–water partition coefficient (Wildman–Crippen LogP) is 7.11. The number of pyridine rings is 1. The van der Waals surface area contributed by atoms with Gasteiger partial charge in [-0.3, -0.25) is 9.78 Å². The van der Waals surface area contributed by atoms with Gasteiger partial charge in [0.1, 0.15) is 0 Å². The topological polar surface area (TPSA) is 62.2 Å². The lowest BCUT2D eigenvalue weighted by atomic mass is 9.96. The Hall–Kier alpha value is -3.39. The number of carbonyl (C=O) groups is 1. The molecule has 0 spiro atoms. The lowest BCUT2D eigenvalue weighted by molar-refractivity contribution is -0.116. The first-order chi connectivity index (χ1) is 18.8. The van der Waals surface area contributed by atoms with Crippen molar-refractivity contribution in [2.45, 2.75) is 39.3 Å². The molecule has 1 fully saturated rings. The fourth-order valence-electron chi connectivity index (χ4n) is 5.26. The Morgan fingerprint density at radius 1 is 1.05 bits per heavy atom. The van der Waals surface area contributed by atoms with E-state index >= 15 is 0 Å². The molecule has 0 radical (unpaired) electrons. The van der Waals surface area contributed by atoms with E-state index in [2.05, 4.69) is 38.1 Å². The summed E-state index contributed by atoms with van der Waals surface area (Å²) in [6.07, 6.45) is 2.06. The number of halogens is 2. The Labute approximate surface area is 244 Å². The number of para-hydroxylation sites is 1. The zero-order valence-electron chi connectivity index (χ0n) is 21.9. The minimum atomic E-state index is -0.193. The SMILES string of the molecule is Cc1ccccc1NC(=O)CCN1C(=S)N[C@H](c2ccccn2)[C@H]1c1cc(C)n(-c2cccc(Cl)c2Cl)c1C. The van der Waals surface area contributed by atoms with E-state index in [1.165, 1.54) is 0 Å². The number of nitrogens with one attached hydrogen (secondary N) is 2. The standard InChI is InChI=1S/C30H29Cl2N5OS/c1-18-9-4-5-11-23(18)34-26(38)14-16-36-29(28(35-30(36)39)24-12-6-7-15-33-24)21-17-19(2)37(20(21)3)25-13-8-10-22(31)27(25)32/h4-13,15,17,28-29H,14,16H2,1-3H3,(H,34,38)(H,35,39)/t28-,29-/m1/s1. The Kier molecular flexibility index (Phi) is 7.93. The van der Waals surface area contributed by atoms with Gasteiger partial charge in [-0.1, -0.05) is 53.5 Å². The Morgan fingerprint density at radius 2 is 1.82 bits per heavy atom. The van der Waals surface area contributed by atoms with Crippen LogP contribution in [0.15, 0.2) is 72.9 Å². The van der Waals surface area contributed by atoms with Gasteiger partial charge in [-0.05, 0) is 80.5 Å². The van der Waals surface area contributed by atoms with E-state index in [1.807, 2.05) is 68.4 Å². The number of nitrogens with zero attached hydrogens (tertiary/aromatic N) is 3. The van der Waals surface area contributed by atoms with Crippen LogP contribution in [0.2, 0.25) is 10.0 Å². The van der Waals surface area contributed by atoms with Gasteiger partial charge in [0.05, 0.1) is 33.5 Å². The van der Waals surface area contributed by atoms with Crippen molar-refractivity contribution in [3.63, 3.8) is 0 Å². The van der Waals surface area contributed by atoms with Gasteiger partial charge in [-0.2, -0.15) is 0 Å². The summed E-state index contributed by atoms with van der Waals surface area (Å²) >= 11 is 18.8. The highest BCUT2D eigenvalue weighted by Crippen LogP contribution is 2.42. The molecule has 9 heteroatoms. The number of hydrogen-bond acceptors (Lipinski definition) is 3. The third-order valence-corrected chi connectivity index (χ3v) is 8.32. The molecule has 1 saturated heterocycles. The summed E-state index contributed by atoms with van der Waals surface area (Å²) < 4.78 is 2.11. The molecule has 39 heavy (non-hydrogen) atoms. The van der Waals surface area contributed by atoms with Crippen molar-refractivity contribution in [3.05, 3.63) is 111 Å². The second-order valence-electron chi connectivity index (χ2n) is 9.67. The molecular formula is C30H29Cl2N5OS. The van der Waals surface area contributed by atoms with Crippen molar-refractivity contribution in [1.29, 1.82) is 0 Å². The molecule has 200 valence electrons. The average Bonchev–Trinajstić information content (AvgIpc) is 3.40. The smallest absolute Gasteiger partial charge is 0.226 e. The molecule has 3 heterocycles. The molecule has 1 aliphatic heterocycles. The molecule has 4 aromatic rings. The fraction of sp³-hybridized carbons (Fsp3) is 0.233. The van der Waals surface area contributed by atoms with Gasteiger partial charge in [-0.25, -0.2) is 0 Å². The third kappa shape index (κ3) is 5.39. The number of benzene rings is 2. The number of aryl methyl sites for hydroxylation is 2. The molecule has 0 saturated carbocycles. The number of anilines is 1. The first-order valence-corrected chi connectivity index (χ1v) is 13.9. The van der Waals surface area contributed by atoms with E-state index in [0.29, 0.717) is 21.7 Å². The number of rotatable bonds is 7. The number of hydrogen-bond donors (Lipinski definition) is 2. The minimum absolute atomic E-state index is 0.0664. The van der Waals surface area contributed by atoms with E-state index < -0.39 is 0 Å². The van der Waals surface area contributed by atoms with Crippen LogP contribution >= 0.6 is 35.4 Å². The van der Waals surface area contributed by atoms with E-state index in [0.717, 1.165) is 39.6 Å². The van der Waals surface area contributed by atoms with Crippen LogP contribution < -0.4 is 10.6 Å². The zero-order valence-corrected chi connectivity index (χ0v) is 24.2. The van der Waals surface area contributed by atoms with E-state index in [9.17, 15) is 4.79 Å². The molecule has 2 aromatic carbocycles. The third-order valence-electron chi connectivity index (χ3n) is 7.16. The summed E-state index contributed by atoms with van der Waals surface area (Å²) in [5, 5.41) is 8.09. The van der Waals surface area contributed by atoms with Crippen LogP contribution in [0.5, 0.6) is 0 Å². The molecular weight excluding hydrogens is 549 g/mol. The second-order valence-corrected chi connectivity index (χ2v) is 10.8. The largest absolute Gasteiger partial charge is 0.352 e. The first kappa shape index (κ1) is 27.2. The molecule has 2 atom stereocenters. The monoisotopic (exact) mass is 577 g/mol. The lowest BCUT2D eigenvalue weighted by Crippen LogP contribution is -2.33. The summed E-state index contributed by atoms with van der Waals surface area (Å²) in [4.78, 5) is 19.7. The van der Waals surface area contributed by atoms with Gasteiger partial charge < -0.3 is 20.1 Å². The summed E-state index contributed by atoms with van der Waals surface area (Å²) in [7, 11) is 0. The van der Waals surface area contributed by atoms with Crippen molar-refractivity contribution in [2.75, 3.05) is 11.9 Å². The van der Waals surface area contributed by atoms with Crippen LogP contribution in [0, 0.1) is 20.8 Å². The number of amides is 1. The normalized spacial score (nSPS) is 16.8. The van der Waals surface area contributed by atoms with Crippen molar-refractivity contribution in [2.24, 2.45) is 0 Å². The quantitative estimate of drug-likeness (QED) is 0.229. The molecule has 0 bridgehead atoms. The Morgan fingerprint density at radius 3 is 2.56 bits per heavy atom. The Bertz CT molecular complexity index is 1540. The molecule has 2 aromatic heterocycles. The van der Waals surface area contributed by atoms with Gasteiger partial charge in [0.15, 0.2) is 5.11 Å². The van der Waals surface area contributed by atoms with Gasteiger partial charge in [0.2, 0.25) is 5.91 Å². The molecule has 1 aliphatic rings. The van der Waals surface area contributed by atoms with Crippen LogP contribution in [0.4, 0.5) is 5.69 Å². The number of thiocarbonyl (C=S) groups is 1. The van der Waals surface area contributed by atoms with Crippen LogP contribution in [0.3, 0.4) is 0 Å². The van der Waals surface area contributed by atoms with Crippen LogP contribution in [0.25, 0.3) is 5.69 Å². The summed E-state index contributed by atoms with van der Waals surface area (Å²) in [5.74, 6) is -0.0664. The number of carbonyl (C=O) groups excluding carboxylic acids is 1. The second kappa shape index (κ2) is 11.4. The molecule has 1 amide bonds. The highest BCUT2D eigenvalue weighted by molar-refractivity contribution is 7.80. The van der Waals surface area contributed by atoms with Crippen molar-refractivity contribution in [1.82, 2.24) is 19.8 Å². The first-order valence-electron chi connectivity index (χ1n) is 12.7. The molecule has 2 N–H and O–H groups in total. The molecule has 6 nitrogen and oxygen atoms in total. The summed E-state index contributed by atoms with van der Waals surface area (Å²) in [6.45, 7) is 6.54. The Balaban J connectivity index is 1.50. The minimum Gasteiger partial charge on any atom is -0.352 e. The van der Waals surface area contributed by atoms with Gasteiger partial charge in [0.25, 0.3) is 0 Å². The van der Waals surface area contributed by atoms with Gasteiger partial charge >= 0.3 is 0 Å². The molecule has 0 unspecified atom stereocenters. The lowest BCUT2D eigenvalue weighted by Gasteiger charge is -2.28. The van der Waals surface area contributed by atoms with Crippen molar-refractivity contribution >= 4 is 52.1 Å². The highest BCUT2D eigenvalue weighted by Gasteiger charge is 2.41. The summed E-state index contributed by atoms with van der Waals surface area (Å²) in [5.41, 5.74) is 6.63. The van der Waals surface area contributed by atoms with E-state index in [4.69, 9.17) is 35.4 Å². The van der Waals surface area contributed by atoms with Crippen LogP contribution in [0.1, 0.15) is 46.7 Å². The summed E-state index contributed by atoms with van der Waals surface area (Å²) in [6, 6.07) is 21.0. The average molecular weight is 579 g/mol. The fourth-order valence-corrected chi connectivity index (χ4v) is 5.97. The van der Waals surface area contributed by atoms with Gasteiger partial charge in [-0.15, -0.1) is 0 Å². The van der Waals surface area contributed by atoms with Crippen molar-refractivity contribution in [3.8, 4) is 5.69 Å². The predicted molar refractivity (Wildman–Crippen MR) is 162 cm³/mol. The molecule has 5 rings (SSSR count). The van der Waals surface area contributed by atoms with E-state index in [1.54, 1.807) is 12.3 Å². The zero-order chi connectivity index (χ0) is 27.7. The molecule has 0 aliphatic carbocycles.